The third-order valence-corrected chi connectivity index (χ3v) is 12.0. The van der Waals surface area contributed by atoms with Crippen LogP contribution in [0, 0.1) is 17.8 Å². The topological polar surface area (TPSA) is 157 Å². The largest absolute Gasteiger partial charge is 0.474 e. The lowest BCUT2D eigenvalue weighted by Crippen LogP contribution is -2.55. The number of nitrogens with zero attached hydrogens (tertiary/aromatic N) is 3. The summed E-state index contributed by atoms with van der Waals surface area (Å²) in [6.07, 6.45) is 7.42. The van der Waals surface area contributed by atoms with Gasteiger partial charge in [-0.25, -0.2) is 8.42 Å². The third kappa shape index (κ3) is 6.33. The number of sulfonamides is 1. The number of hydrogen-bond acceptors (Lipinski definition) is 9. The monoisotopic (exact) mass is 651 g/mol. The number of hydrogen-bond donors (Lipinski definition) is 2. The van der Waals surface area contributed by atoms with Gasteiger partial charge in [-0.15, -0.1) is 0 Å². The van der Waals surface area contributed by atoms with E-state index < -0.39 is 50.1 Å². The highest BCUT2D eigenvalue weighted by Crippen LogP contribution is 2.48. The molecule has 3 fully saturated rings. The van der Waals surface area contributed by atoms with E-state index in [4.69, 9.17) is 9.47 Å². The number of allylic oxidation sites excluding steroid dienone is 1. The van der Waals surface area contributed by atoms with Crippen molar-refractivity contribution in [2.75, 3.05) is 20.7 Å². The molecule has 0 unspecified atom stereocenters. The average Bonchev–Trinajstić information content (AvgIpc) is 3.92. The maximum Gasteiger partial charge on any atom is 0.320 e. The molecular formula is C33H41N5O7S. The molecule has 1 aromatic carbocycles. The summed E-state index contributed by atoms with van der Waals surface area (Å²) in [6.45, 7) is 2.16. The maximum absolute atomic E-state index is 14.0. The zero-order chi connectivity index (χ0) is 32.7. The van der Waals surface area contributed by atoms with Crippen LogP contribution in [0.25, 0.3) is 11.3 Å². The second-order valence-electron chi connectivity index (χ2n) is 13.2. The Hall–Kier alpha value is -4.00. The van der Waals surface area contributed by atoms with Crippen LogP contribution in [0.4, 0.5) is 0 Å². The number of carbonyl (C=O) groups excluding carboxylic acids is 3. The molecule has 0 bridgehead atoms. The van der Waals surface area contributed by atoms with Crippen molar-refractivity contribution in [3.63, 3.8) is 0 Å². The van der Waals surface area contributed by atoms with Crippen molar-refractivity contribution in [1.82, 2.24) is 24.9 Å². The third-order valence-electron chi connectivity index (χ3n) is 9.85. The quantitative estimate of drug-likeness (QED) is 0.430. The van der Waals surface area contributed by atoms with E-state index in [0.717, 1.165) is 24.8 Å². The van der Waals surface area contributed by atoms with Crippen LogP contribution in [0.3, 0.4) is 0 Å². The normalized spacial score (nSPS) is 29.8. The van der Waals surface area contributed by atoms with E-state index in [9.17, 15) is 22.8 Å². The van der Waals surface area contributed by atoms with Crippen LogP contribution in [-0.4, -0.2) is 78.1 Å². The lowest BCUT2D eigenvalue weighted by atomic mass is 9.93. The Morgan fingerprint density at radius 2 is 1.83 bits per heavy atom. The summed E-state index contributed by atoms with van der Waals surface area (Å²) >= 11 is 0. The Morgan fingerprint density at radius 3 is 2.54 bits per heavy atom. The molecule has 13 heteroatoms. The molecule has 1 aliphatic heterocycles. The molecule has 12 nitrogen and oxygen atoms in total. The van der Waals surface area contributed by atoms with Crippen molar-refractivity contribution < 1.29 is 32.3 Å². The van der Waals surface area contributed by atoms with Gasteiger partial charge in [0.05, 0.1) is 29.4 Å². The Kier molecular flexibility index (Phi) is 8.55. The molecule has 1 aromatic heterocycles. The molecule has 2 heterocycles. The van der Waals surface area contributed by atoms with Crippen LogP contribution in [-0.2, 0) is 24.4 Å². The van der Waals surface area contributed by atoms with Crippen LogP contribution >= 0.6 is 0 Å². The number of ether oxygens (including phenoxy) is 2. The van der Waals surface area contributed by atoms with E-state index in [2.05, 4.69) is 20.0 Å². The predicted molar refractivity (Wildman–Crippen MR) is 169 cm³/mol. The van der Waals surface area contributed by atoms with Gasteiger partial charge >= 0.3 is 6.01 Å². The zero-order valence-electron chi connectivity index (χ0n) is 26.4. The van der Waals surface area contributed by atoms with Gasteiger partial charge in [0.2, 0.25) is 27.7 Å². The number of fused-ring (bicyclic) bond motifs is 2. The minimum Gasteiger partial charge on any atom is -0.474 e. The summed E-state index contributed by atoms with van der Waals surface area (Å²) in [7, 11) is -0.703. The summed E-state index contributed by atoms with van der Waals surface area (Å²) < 4.78 is 38.8. The molecule has 3 aliphatic carbocycles. The Labute approximate surface area is 269 Å². The van der Waals surface area contributed by atoms with Gasteiger partial charge in [-0.3, -0.25) is 19.1 Å². The smallest absolute Gasteiger partial charge is 0.320 e. The Morgan fingerprint density at radius 1 is 1.09 bits per heavy atom. The molecule has 3 amide bonds. The number of aromatic nitrogens is 2. The second-order valence-corrected chi connectivity index (χ2v) is 15.4. The summed E-state index contributed by atoms with van der Waals surface area (Å²) in [5.41, 5.74) is 0.0421. The lowest BCUT2D eigenvalue weighted by molar-refractivity contribution is -0.140. The first-order chi connectivity index (χ1) is 21.9. The first-order valence-electron chi connectivity index (χ1n) is 15.9. The molecule has 0 radical (unpaired) electrons. The lowest BCUT2D eigenvalue weighted by Gasteiger charge is -2.27. The number of nitrogens with one attached hydrogen (secondary N) is 2. The minimum atomic E-state index is -3.91. The standard InChI is InChI=1S/C33H41N5O7S/c1-32(14-15-32)46(42,43)37-30(41)33-20-22(33)13-9-4-5-10-16-38(2)29(40)25-18-23(17-24(25)28(39)36-33)45-27-19-26(34-31(35-27)44-3)21-11-7-6-8-12-21/h6-9,11-13,19,22-25H,4-5,10,14-18,20H2,1-3H3,(H,36,39)(H,37,41)/b13-9-/t22-,23+,24+,25+,33+/m0/s1. The summed E-state index contributed by atoms with van der Waals surface area (Å²) in [6, 6.07) is 11.3. The van der Waals surface area contributed by atoms with Crippen LogP contribution < -0.4 is 19.5 Å². The van der Waals surface area contributed by atoms with Gasteiger partial charge in [0.1, 0.15) is 11.6 Å². The predicted octanol–water partition coefficient (Wildman–Crippen LogP) is 3.00. The van der Waals surface area contributed by atoms with Crippen LogP contribution in [0.2, 0.25) is 0 Å². The molecule has 46 heavy (non-hydrogen) atoms. The molecular weight excluding hydrogens is 610 g/mol. The van der Waals surface area contributed by atoms with E-state index in [1.54, 1.807) is 24.9 Å². The number of rotatable bonds is 7. The maximum atomic E-state index is 14.0. The SMILES string of the molecule is COc1nc(O[C@@H]2C[C@H]3C(=O)N[C@]4(C(=O)NS(=O)(=O)C5(C)CC5)C[C@@H]4/C=C\CCCCN(C)C(=O)[C@@H]3C2)cc(-c2ccccc2)n1. The molecule has 2 aromatic rings. The first kappa shape index (κ1) is 32.0. The van der Waals surface area contributed by atoms with Gasteiger partial charge in [0, 0.05) is 31.1 Å². The highest BCUT2D eigenvalue weighted by molar-refractivity contribution is 7.91. The van der Waals surface area contributed by atoms with Crippen molar-refractivity contribution in [1.29, 1.82) is 0 Å². The Bertz CT molecular complexity index is 1640. The van der Waals surface area contributed by atoms with Gasteiger partial charge in [-0.05, 0) is 58.3 Å². The van der Waals surface area contributed by atoms with E-state index in [0.29, 0.717) is 25.1 Å². The van der Waals surface area contributed by atoms with Gasteiger partial charge < -0.3 is 19.7 Å². The van der Waals surface area contributed by atoms with Crippen molar-refractivity contribution in [3.8, 4) is 23.1 Å². The van der Waals surface area contributed by atoms with E-state index in [-0.39, 0.29) is 43.0 Å². The highest BCUT2D eigenvalue weighted by Gasteiger charge is 2.63. The average molecular weight is 652 g/mol. The molecule has 246 valence electrons. The number of methoxy groups -OCH3 is 1. The van der Waals surface area contributed by atoms with Gasteiger partial charge in [-0.1, -0.05) is 42.5 Å². The first-order valence-corrected chi connectivity index (χ1v) is 17.4. The van der Waals surface area contributed by atoms with Crippen LogP contribution in [0.1, 0.15) is 58.3 Å². The summed E-state index contributed by atoms with van der Waals surface area (Å²) in [5, 5.41) is 2.92. The second kappa shape index (κ2) is 12.3. The van der Waals surface area contributed by atoms with E-state index in [1.165, 1.54) is 7.11 Å². The molecule has 4 aliphatic rings. The number of benzene rings is 1. The number of amides is 3. The molecule has 5 atom stereocenters. The van der Waals surface area contributed by atoms with E-state index >= 15 is 0 Å². The molecule has 2 N–H and O–H groups in total. The fourth-order valence-corrected chi connectivity index (χ4v) is 7.79. The van der Waals surface area contributed by atoms with Crippen molar-refractivity contribution in [2.24, 2.45) is 17.8 Å². The molecule has 3 saturated carbocycles. The fourth-order valence-electron chi connectivity index (χ4n) is 6.47. The molecule has 0 saturated heterocycles. The van der Waals surface area contributed by atoms with Crippen molar-refractivity contribution in [3.05, 3.63) is 48.6 Å². The van der Waals surface area contributed by atoms with Crippen molar-refractivity contribution in [2.45, 2.75) is 74.7 Å². The van der Waals surface area contributed by atoms with Gasteiger partial charge in [0.25, 0.3) is 5.91 Å². The van der Waals surface area contributed by atoms with E-state index in [1.807, 2.05) is 42.5 Å². The Balaban J connectivity index is 1.26. The van der Waals surface area contributed by atoms with Gasteiger partial charge in [-0.2, -0.15) is 9.97 Å². The zero-order valence-corrected chi connectivity index (χ0v) is 27.2. The minimum absolute atomic E-state index is 0.123. The summed E-state index contributed by atoms with van der Waals surface area (Å²) in [4.78, 5) is 51.9. The molecule has 0 spiro atoms. The van der Waals surface area contributed by atoms with Crippen molar-refractivity contribution >= 4 is 27.7 Å². The van der Waals surface area contributed by atoms with Gasteiger partial charge in [0.15, 0.2) is 0 Å². The van der Waals surface area contributed by atoms with Crippen LogP contribution in [0.15, 0.2) is 48.6 Å². The number of carbonyl (C=O) groups is 3. The molecule has 6 rings (SSSR count). The fraction of sp³-hybridized carbons (Fsp3) is 0.545. The summed E-state index contributed by atoms with van der Waals surface area (Å²) in [5.74, 6) is -2.96. The van der Waals surface area contributed by atoms with Crippen LogP contribution in [0.5, 0.6) is 11.9 Å². The highest BCUT2D eigenvalue weighted by atomic mass is 32.2.